The Morgan fingerprint density at radius 3 is 2.61 bits per heavy atom. The van der Waals surface area contributed by atoms with Crippen molar-refractivity contribution in [2.24, 2.45) is 0 Å². The molecule has 3 heterocycles. The predicted molar refractivity (Wildman–Crippen MR) is 109 cm³/mol. The molecule has 0 unspecified atom stereocenters. The Morgan fingerprint density at radius 1 is 1.11 bits per heavy atom. The number of carbonyl (C=O) groups is 2. The van der Waals surface area contributed by atoms with Crippen LogP contribution >= 0.6 is 12.4 Å². The normalized spacial score (nSPS) is 16.8. The van der Waals surface area contributed by atoms with Crippen LogP contribution in [0.5, 0.6) is 0 Å². The number of benzene rings is 1. The fourth-order valence-corrected chi connectivity index (χ4v) is 3.59. The number of piperazine rings is 1. The number of fused-ring (bicyclic) bond motifs is 1. The van der Waals surface area contributed by atoms with Gasteiger partial charge in [0.25, 0.3) is 5.91 Å². The minimum Gasteiger partial charge on any atom is -0.335 e. The number of nitrogens with zero attached hydrogens (tertiary/aromatic N) is 3. The Hall–Kier alpha value is -2.42. The van der Waals surface area contributed by atoms with Crippen molar-refractivity contribution in [3.8, 4) is 0 Å². The molecule has 0 saturated carbocycles. The van der Waals surface area contributed by atoms with Gasteiger partial charge >= 0.3 is 0 Å². The number of para-hydroxylation sites is 1. The van der Waals surface area contributed by atoms with Crippen molar-refractivity contribution in [1.82, 2.24) is 25.3 Å². The summed E-state index contributed by atoms with van der Waals surface area (Å²) in [6, 6.07) is 9.44. The lowest BCUT2D eigenvalue weighted by Gasteiger charge is -2.34. The van der Waals surface area contributed by atoms with Crippen molar-refractivity contribution in [2.45, 2.75) is 13.0 Å². The van der Waals surface area contributed by atoms with Gasteiger partial charge in [0.2, 0.25) is 5.91 Å². The lowest BCUT2D eigenvalue weighted by Crippen LogP contribution is -2.50. The van der Waals surface area contributed by atoms with Crippen LogP contribution < -0.4 is 10.6 Å². The first-order valence-corrected chi connectivity index (χ1v) is 9.34. The van der Waals surface area contributed by atoms with E-state index in [1.165, 1.54) is 0 Å². The number of amides is 2. The number of hydrogen-bond donors (Lipinski definition) is 3. The molecule has 2 aliphatic rings. The summed E-state index contributed by atoms with van der Waals surface area (Å²) in [5, 5.41) is 13.4. The van der Waals surface area contributed by atoms with E-state index in [4.69, 9.17) is 0 Å². The zero-order valence-corrected chi connectivity index (χ0v) is 16.4. The first kappa shape index (κ1) is 20.3. The quantitative estimate of drug-likeness (QED) is 0.703. The first-order valence-electron chi connectivity index (χ1n) is 9.34. The molecule has 2 aliphatic heterocycles. The molecule has 1 saturated heterocycles. The van der Waals surface area contributed by atoms with Crippen LogP contribution in [0.3, 0.4) is 0 Å². The lowest BCUT2D eigenvalue weighted by molar-refractivity contribution is -0.117. The van der Waals surface area contributed by atoms with Crippen molar-refractivity contribution < 1.29 is 9.59 Å². The van der Waals surface area contributed by atoms with Gasteiger partial charge in [0, 0.05) is 62.6 Å². The Kier molecular flexibility index (Phi) is 6.66. The summed E-state index contributed by atoms with van der Waals surface area (Å²) in [5.41, 5.74) is 3.39. The molecule has 4 rings (SSSR count). The SMILES string of the molecule is Cl.O=C(CN1CCN(C(=O)c2n[nH]c3c2CNCC3)CC1)Nc1ccccc1. The van der Waals surface area contributed by atoms with Gasteiger partial charge in [-0.15, -0.1) is 12.4 Å². The van der Waals surface area contributed by atoms with Gasteiger partial charge in [0.1, 0.15) is 0 Å². The molecule has 9 heteroatoms. The summed E-state index contributed by atoms with van der Waals surface area (Å²) in [6.45, 7) is 4.49. The number of rotatable bonds is 4. The summed E-state index contributed by atoms with van der Waals surface area (Å²) in [7, 11) is 0. The topological polar surface area (TPSA) is 93.4 Å². The zero-order valence-electron chi connectivity index (χ0n) is 15.6. The van der Waals surface area contributed by atoms with Crippen LogP contribution in [-0.4, -0.2) is 71.1 Å². The highest BCUT2D eigenvalue weighted by Crippen LogP contribution is 2.18. The molecule has 8 nitrogen and oxygen atoms in total. The van der Waals surface area contributed by atoms with Crippen LogP contribution in [0.25, 0.3) is 0 Å². The minimum atomic E-state index is -0.0339. The average molecular weight is 405 g/mol. The van der Waals surface area contributed by atoms with E-state index < -0.39 is 0 Å². The number of aromatic amines is 1. The van der Waals surface area contributed by atoms with Crippen molar-refractivity contribution in [2.75, 3.05) is 44.6 Å². The average Bonchev–Trinajstić information content (AvgIpc) is 3.13. The molecule has 0 bridgehead atoms. The molecule has 2 amide bonds. The van der Waals surface area contributed by atoms with E-state index in [1.807, 2.05) is 35.2 Å². The first-order chi connectivity index (χ1) is 13.2. The maximum absolute atomic E-state index is 12.8. The van der Waals surface area contributed by atoms with E-state index in [0.717, 1.165) is 29.9 Å². The summed E-state index contributed by atoms with van der Waals surface area (Å²) >= 11 is 0. The largest absolute Gasteiger partial charge is 0.335 e. The zero-order chi connectivity index (χ0) is 18.6. The fraction of sp³-hybridized carbons (Fsp3) is 0.421. The Balaban J connectivity index is 0.00000225. The highest BCUT2D eigenvalue weighted by Gasteiger charge is 2.28. The van der Waals surface area contributed by atoms with Crippen LogP contribution in [0.1, 0.15) is 21.7 Å². The molecule has 2 aromatic rings. The predicted octanol–water partition coefficient (Wildman–Crippen LogP) is 0.874. The van der Waals surface area contributed by atoms with E-state index in [9.17, 15) is 9.59 Å². The molecule has 1 aromatic carbocycles. The van der Waals surface area contributed by atoms with Gasteiger partial charge in [-0.25, -0.2) is 0 Å². The van der Waals surface area contributed by atoms with Crippen LogP contribution in [0.15, 0.2) is 30.3 Å². The number of carbonyl (C=O) groups excluding carboxylic acids is 2. The third-order valence-corrected chi connectivity index (χ3v) is 5.09. The molecule has 1 aromatic heterocycles. The van der Waals surface area contributed by atoms with Crippen LogP contribution in [0.4, 0.5) is 5.69 Å². The number of nitrogens with one attached hydrogen (secondary N) is 3. The Morgan fingerprint density at radius 2 is 1.86 bits per heavy atom. The van der Waals surface area contributed by atoms with Gasteiger partial charge in [-0.1, -0.05) is 18.2 Å². The molecule has 150 valence electrons. The smallest absolute Gasteiger partial charge is 0.274 e. The number of H-pyrrole nitrogens is 1. The Bertz CT molecular complexity index is 817. The summed E-state index contributed by atoms with van der Waals surface area (Å²) in [5.74, 6) is -0.0574. The van der Waals surface area contributed by atoms with Crippen molar-refractivity contribution in [1.29, 1.82) is 0 Å². The number of aromatic nitrogens is 2. The van der Waals surface area contributed by atoms with Gasteiger partial charge in [-0.05, 0) is 12.1 Å². The van der Waals surface area contributed by atoms with Crippen LogP contribution in [-0.2, 0) is 17.8 Å². The summed E-state index contributed by atoms with van der Waals surface area (Å²) in [6.07, 6.45) is 0.875. The molecule has 1 fully saturated rings. The molecule has 0 spiro atoms. The number of anilines is 1. The van der Waals surface area contributed by atoms with Crippen molar-refractivity contribution in [3.05, 3.63) is 47.3 Å². The molecule has 0 aliphatic carbocycles. The second-order valence-electron chi connectivity index (χ2n) is 6.94. The number of halogens is 1. The minimum absolute atomic E-state index is 0. The number of hydrogen-bond acceptors (Lipinski definition) is 5. The molecular weight excluding hydrogens is 380 g/mol. The molecule has 0 atom stereocenters. The van der Waals surface area contributed by atoms with Gasteiger partial charge < -0.3 is 15.5 Å². The van der Waals surface area contributed by atoms with E-state index >= 15 is 0 Å². The van der Waals surface area contributed by atoms with E-state index in [-0.39, 0.29) is 24.2 Å². The Labute approximate surface area is 170 Å². The monoisotopic (exact) mass is 404 g/mol. The third-order valence-electron chi connectivity index (χ3n) is 5.09. The maximum Gasteiger partial charge on any atom is 0.274 e. The second-order valence-corrected chi connectivity index (χ2v) is 6.94. The van der Waals surface area contributed by atoms with Crippen LogP contribution in [0.2, 0.25) is 0 Å². The van der Waals surface area contributed by atoms with Crippen molar-refractivity contribution in [3.63, 3.8) is 0 Å². The van der Waals surface area contributed by atoms with Gasteiger partial charge in [-0.3, -0.25) is 19.6 Å². The maximum atomic E-state index is 12.8. The molecule has 28 heavy (non-hydrogen) atoms. The second kappa shape index (κ2) is 9.18. The third kappa shape index (κ3) is 4.52. The molecule has 0 radical (unpaired) electrons. The van der Waals surface area contributed by atoms with E-state index in [0.29, 0.717) is 45.0 Å². The van der Waals surface area contributed by atoms with Gasteiger partial charge in [0.15, 0.2) is 5.69 Å². The standard InChI is InChI=1S/C19H24N6O2.ClH/c26-17(21-14-4-2-1-3-5-14)13-24-8-10-25(11-9-24)19(27)18-15-12-20-7-6-16(15)22-23-18;/h1-5,20H,6-13H2,(H,21,26)(H,22,23);1H. The van der Waals surface area contributed by atoms with E-state index in [1.54, 1.807) is 0 Å². The highest BCUT2D eigenvalue weighted by atomic mass is 35.5. The molecule has 3 N–H and O–H groups in total. The highest BCUT2D eigenvalue weighted by molar-refractivity contribution is 5.94. The summed E-state index contributed by atoms with van der Waals surface area (Å²) < 4.78 is 0. The molecular formula is C19H25ClN6O2. The fourth-order valence-electron chi connectivity index (χ4n) is 3.59. The lowest BCUT2D eigenvalue weighted by atomic mass is 10.1. The van der Waals surface area contributed by atoms with E-state index in [2.05, 4.69) is 25.7 Å². The van der Waals surface area contributed by atoms with Crippen LogP contribution in [0, 0.1) is 0 Å². The van der Waals surface area contributed by atoms with Gasteiger partial charge in [-0.2, -0.15) is 5.10 Å². The van der Waals surface area contributed by atoms with Crippen molar-refractivity contribution >= 4 is 29.9 Å². The summed E-state index contributed by atoms with van der Waals surface area (Å²) in [4.78, 5) is 28.9. The van der Waals surface area contributed by atoms with Gasteiger partial charge in [0.05, 0.1) is 6.54 Å².